The van der Waals surface area contributed by atoms with Crippen molar-refractivity contribution in [1.29, 1.82) is 5.26 Å². The minimum absolute atomic E-state index is 0.686. The Morgan fingerprint density at radius 1 is 1.53 bits per heavy atom. The van der Waals surface area contributed by atoms with Gasteiger partial charge in [-0.2, -0.15) is 5.26 Å². The molecule has 1 aromatic carbocycles. The molecule has 0 saturated carbocycles. The average Bonchev–Trinajstić information content (AvgIpc) is 2.27. The normalized spacial score (nSPS) is 9.47. The predicted octanol–water partition coefficient (Wildman–Crippen LogP) is 3.23. The number of nitrogens with zero attached hydrogens (tertiary/aromatic N) is 2. The first-order chi connectivity index (χ1) is 7.10. The smallest absolute Gasteiger partial charge is 0.0992 e. The molecule has 1 rings (SSSR count). The number of hydrogen-bond acceptors (Lipinski definition) is 2. The molecule has 0 heterocycles. The fourth-order valence-electron chi connectivity index (χ4n) is 1.45. The number of rotatable bonds is 3. The maximum absolute atomic E-state index is 8.84. The van der Waals surface area contributed by atoms with Crippen LogP contribution in [0, 0.1) is 18.3 Å². The fraction of sp³-hybridized carbons (Fsp3) is 0.308. The summed E-state index contributed by atoms with van der Waals surface area (Å²) >= 11 is 0. The van der Waals surface area contributed by atoms with Crippen LogP contribution >= 0.6 is 0 Å². The van der Waals surface area contributed by atoms with Crippen LogP contribution in [-0.2, 0) is 0 Å². The van der Waals surface area contributed by atoms with Crippen LogP contribution in [0.4, 0.5) is 5.69 Å². The van der Waals surface area contributed by atoms with Gasteiger partial charge in [0.25, 0.3) is 0 Å². The van der Waals surface area contributed by atoms with E-state index in [2.05, 4.69) is 19.6 Å². The summed E-state index contributed by atoms with van der Waals surface area (Å²) in [5.74, 6) is 0. The van der Waals surface area contributed by atoms with Gasteiger partial charge in [-0.15, -0.1) is 0 Å². The topological polar surface area (TPSA) is 27.0 Å². The lowest BCUT2D eigenvalue weighted by atomic mass is 10.1. The molecular formula is C13H16N2. The van der Waals surface area contributed by atoms with E-state index in [1.807, 2.05) is 37.1 Å². The van der Waals surface area contributed by atoms with Gasteiger partial charge in [-0.1, -0.05) is 19.6 Å². The van der Waals surface area contributed by atoms with E-state index in [0.717, 1.165) is 23.4 Å². The number of hydrogen-bond donors (Lipinski definition) is 0. The molecule has 0 fully saturated rings. The van der Waals surface area contributed by atoms with E-state index in [9.17, 15) is 0 Å². The molecule has 0 saturated heterocycles. The highest BCUT2D eigenvalue weighted by Crippen LogP contribution is 2.23. The summed E-state index contributed by atoms with van der Waals surface area (Å²) in [6.07, 6.45) is 0.909. The zero-order valence-electron chi connectivity index (χ0n) is 9.54. The lowest BCUT2D eigenvalue weighted by Crippen LogP contribution is -2.16. The van der Waals surface area contributed by atoms with Crippen LogP contribution in [0.2, 0.25) is 0 Å². The quantitative estimate of drug-likeness (QED) is 0.749. The van der Waals surface area contributed by atoms with Crippen LogP contribution in [0.3, 0.4) is 0 Å². The van der Waals surface area contributed by atoms with Crippen LogP contribution in [0.25, 0.3) is 0 Å². The van der Waals surface area contributed by atoms with Crippen molar-refractivity contribution in [2.75, 3.05) is 11.9 Å². The second kappa shape index (κ2) is 4.65. The zero-order valence-corrected chi connectivity index (χ0v) is 9.54. The summed E-state index contributed by atoms with van der Waals surface area (Å²) in [6.45, 7) is 8.10. The summed E-state index contributed by atoms with van der Waals surface area (Å²) in [6, 6.07) is 7.85. The van der Waals surface area contributed by atoms with Crippen molar-refractivity contribution in [2.45, 2.75) is 20.3 Å². The number of aryl methyl sites for hydroxylation is 1. The Kier molecular flexibility index (Phi) is 3.51. The van der Waals surface area contributed by atoms with Crippen LogP contribution in [0.5, 0.6) is 0 Å². The summed E-state index contributed by atoms with van der Waals surface area (Å²) in [5, 5.41) is 8.84. The Hall–Kier alpha value is -1.75. The van der Waals surface area contributed by atoms with Crippen molar-refractivity contribution in [3.8, 4) is 6.07 Å². The maximum Gasteiger partial charge on any atom is 0.0992 e. The molecule has 0 aliphatic heterocycles. The van der Waals surface area contributed by atoms with Gasteiger partial charge < -0.3 is 4.90 Å². The molecule has 0 aliphatic rings. The number of anilines is 1. The largest absolute Gasteiger partial charge is 0.349 e. The van der Waals surface area contributed by atoms with E-state index in [1.54, 1.807) is 0 Å². The standard InChI is InChI=1S/C13H16N2/c1-5-11(3)15(4)13-8-12(9-14)7-6-10(13)2/h6-8H,3,5H2,1-2,4H3. The lowest BCUT2D eigenvalue weighted by Gasteiger charge is -2.23. The number of benzene rings is 1. The Labute approximate surface area is 91.4 Å². The molecule has 0 N–H and O–H groups in total. The van der Waals surface area contributed by atoms with Crippen LogP contribution in [0.1, 0.15) is 24.5 Å². The predicted molar refractivity (Wildman–Crippen MR) is 63.7 cm³/mol. The zero-order chi connectivity index (χ0) is 11.4. The molecule has 0 spiro atoms. The van der Waals surface area contributed by atoms with Gasteiger partial charge in [-0.05, 0) is 31.0 Å². The molecule has 0 bridgehead atoms. The van der Waals surface area contributed by atoms with Crippen molar-refractivity contribution in [3.05, 3.63) is 41.6 Å². The van der Waals surface area contributed by atoms with Crippen molar-refractivity contribution >= 4 is 5.69 Å². The molecule has 0 aliphatic carbocycles. The first-order valence-electron chi connectivity index (χ1n) is 5.02. The molecule has 0 aromatic heterocycles. The minimum atomic E-state index is 0.686. The van der Waals surface area contributed by atoms with Crippen molar-refractivity contribution in [2.24, 2.45) is 0 Å². The Bertz CT molecular complexity index is 413. The highest BCUT2D eigenvalue weighted by molar-refractivity contribution is 5.59. The second-order valence-electron chi connectivity index (χ2n) is 3.59. The molecular weight excluding hydrogens is 184 g/mol. The van der Waals surface area contributed by atoms with Crippen molar-refractivity contribution in [3.63, 3.8) is 0 Å². The Morgan fingerprint density at radius 3 is 2.73 bits per heavy atom. The van der Waals surface area contributed by atoms with E-state index in [1.165, 1.54) is 0 Å². The first-order valence-corrected chi connectivity index (χ1v) is 5.02. The first kappa shape index (κ1) is 11.3. The van der Waals surface area contributed by atoms with Gasteiger partial charge in [-0.25, -0.2) is 0 Å². The van der Waals surface area contributed by atoms with Gasteiger partial charge in [-0.3, -0.25) is 0 Å². The van der Waals surface area contributed by atoms with Crippen molar-refractivity contribution in [1.82, 2.24) is 0 Å². The monoisotopic (exact) mass is 200 g/mol. The molecule has 15 heavy (non-hydrogen) atoms. The summed E-state index contributed by atoms with van der Waals surface area (Å²) in [7, 11) is 1.98. The van der Waals surface area contributed by atoms with Crippen LogP contribution in [-0.4, -0.2) is 7.05 Å². The van der Waals surface area contributed by atoms with E-state index in [-0.39, 0.29) is 0 Å². The molecule has 1 aromatic rings. The average molecular weight is 200 g/mol. The number of allylic oxidation sites excluding steroid dienone is 1. The van der Waals surface area contributed by atoms with E-state index >= 15 is 0 Å². The summed E-state index contributed by atoms with van der Waals surface area (Å²) < 4.78 is 0. The second-order valence-corrected chi connectivity index (χ2v) is 3.59. The molecule has 0 unspecified atom stereocenters. The van der Waals surface area contributed by atoms with Crippen LogP contribution < -0.4 is 4.90 Å². The Balaban J connectivity index is 3.13. The third kappa shape index (κ3) is 2.38. The summed E-state index contributed by atoms with van der Waals surface area (Å²) in [5.41, 5.74) is 3.95. The minimum Gasteiger partial charge on any atom is -0.349 e. The fourth-order valence-corrected chi connectivity index (χ4v) is 1.45. The third-order valence-electron chi connectivity index (χ3n) is 2.58. The van der Waals surface area contributed by atoms with Gasteiger partial charge in [0, 0.05) is 18.4 Å². The maximum atomic E-state index is 8.84. The highest BCUT2D eigenvalue weighted by atomic mass is 15.1. The lowest BCUT2D eigenvalue weighted by molar-refractivity contribution is 0.979. The number of nitriles is 1. The van der Waals surface area contributed by atoms with Gasteiger partial charge in [0.1, 0.15) is 0 Å². The highest BCUT2D eigenvalue weighted by Gasteiger charge is 2.07. The molecule has 0 amide bonds. The Morgan fingerprint density at radius 2 is 2.20 bits per heavy atom. The SMILES string of the molecule is C=C(CC)N(C)c1cc(C#N)ccc1C. The van der Waals surface area contributed by atoms with Crippen LogP contribution in [0.15, 0.2) is 30.5 Å². The van der Waals surface area contributed by atoms with Crippen molar-refractivity contribution < 1.29 is 0 Å². The van der Waals surface area contributed by atoms with E-state index in [4.69, 9.17) is 5.26 Å². The van der Waals surface area contributed by atoms with E-state index < -0.39 is 0 Å². The van der Waals surface area contributed by atoms with Gasteiger partial charge in [0.15, 0.2) is 0 Å². The molecule has 78 valence electrons. The van der Waals surface area contributed by atoms with Gasteiger partial charge in [0.05, 0.1) is 11.6 Å². The summed E-state index contributed by atoms with van der Waals surface area (Å²) in [4.78, 5) is 2.04. The van der Waals surface area contributed by atoms with Gasteiger partial charge in [0.2, 0.25) is 0 Å². The molecule has 0 radical (unpaired) electrons. The molecule has 0 atom stereocenters. The third-order valence-corrected chi connectivity index (χ3v) is 2.58. The van der Waals surface area contributed by atoms with E-state index in [0.29, 0.717) is 5.56 Å². The molecule has 2 heteroatoms. The van der Waals surface area contributed by atoms with Gasteiger partial charge >= 0.3 is 0 Å². The molecule has 2 nitrogen and oxygen atoms in total.